The molecule has 2 aromatic rings. The maximum atomic E-state index is 12.9. The van der Waals surface area contributed by atoms with E-state index in [1.807, 2.05) is 25.3 Å². The van der Waals surface area contributed by atoms with Gasteiger partial charge in [0.25, 0.3) is 5.91 Å². The first kappa shape index (κ1) is 16.5. The van der Waals surface area contributed by atoms with Crippen LogP contribution < -0.4 is 10.6 Å². The third-order valence-electron chi connectivity index (χ3n) is 4.05. The number of rotatable bonds is 4. The van der Waals surface area contributed by atoms with E-state index in [2.05, 4.69) is 20.8 Å². The minimum atomic E-state index is -0.627. The van der Waals surface area contributed by atoms with Gasteiger partial charge in [-0.25, -0.2) is 4.68 Å². The first-order chi connectivity index (χ1) is 10.3. The zero-order valence-electron chi connectivity index (χ0n) is 12.5. The lowest BCUT2D eigenvalue weighted by Gasteiger charge is -2.36. The van der Waals surface area contributed by atoms with Crippen molar-refractivity contribution in [2.24, 2.45) is 0 Å². The van der Waals surface area contributed by atoms with Crippen molar-refractivity contribution in [1.29, 1.82) is 0 Å². The van der Waals surface area contributed by atoms with E-state index in [-0.39, 0.29) is 18.3 Å². The molecule has 1 fully saturated rings. The van der Waals surface area contributed by atoms with Crippen molar-refractivity contribution in [1.82, 2.24) is 24.9 Å². The Morgan fingerprint density at radius 2 is 2.14 bits per heavy atom. The van der Waals surface area contributed by atoms with Gasteiger partial charge in [-0.15, -0.1) is 12.4 Å². The van der Waals surface area contributed by atoms with Gasteiger partial charge in [-0.2, -0.15) is 10.2 Å². The van der Waals surface area contributed by atoms with Gasteiger partial charge in [-0.1, -0.05) is 0 Å². The van der Waals surface area contributed by atoms with Gasteiger partial charge < -0.3 is 10.6 Å². The number of carbonyl (C=O) groups is 1. The molecular weight excluding hydrogens is 304 g/mol. The lowest BCUT2D eigenvalue weighted by Crippen LogP contribution is -2.52. The van der Waals surface area contributed by atoms with Crippen LogP contribution in [0.1, 0.15) is 19.8 Å². The first-order valence-corrected chi connectivity index (χ1v) is 7.30. The van der Waals surface area contributed by atoms with Crippen molar-refractivity contribution in [2.45, 2.75) is 31.8 Å². The fourth-order valence-corrected chi connectivity index (χ4v) is 2.85. The Morgan fingerprint density at radius 3 is 2.77 bits per heavy atom. The quantitative estimate of drug-likeness (QED) is 0.887. The predicted octanol–water partition coefficient (Wildman–Crippen LogP) is 1.24. The second-order valence-electron chi connectivity index (χ2n) is 5.22. The highest BCUT2D eigenvalue weighted by Crippen LogP contribution is 2.28. The van der Waals surface area contributed by atoms with Gasteiger partial charge in [0.05, 0.1) is 6.20 Å². The van der Waals surface area contributed by atoms with Crippen molar-refractivity contribution in [3.05, 3.63) is 30.7 Å². The number of hydrogen-bond acceptors (Lipinski definition) is 4. The molecule has 8 heteroatoms. The van der Waals surface area contributed by atoms with Crippen LogP contribution >= 0.6 is 12.4 Å². The van der Waals surface area contributed by atoms with Crippen LogP contribution in [0.15, 0.2) is 30.7 Å². The second-order valence-corrected chi connectivity index (χ2v) is 5.22. The van der Waals surface area contributed by atoms with E-state index in [9.17, 15) is 4.79 Å². The van der Waals surface area contributed by atoms with Gasteiger partial charge >= 0.3 is 0 Å². The van der Waals surface area contributed by atoms with Gasteiger partial charge in [-0.05, 0) is 38.9 Å². The molecule has 3 rings (SSSR count). The topological polar surface area (TPSA) is 76.8 Å². The molecule has 0 aromatic carbocycles. The molecule has 0 atom stereocenters. The largest absolute Gasteiger partial charge is 0.317 e. The summed E-state index contributed by atoms with van der Waals surface area (Å²) < 4.78 is 3.56. The molecule has 0 radical (unpaired) electrons. The summed E-state index contributed by atoms with van der Waals surface area (Å²) in [5.41, 5.74) is -0.627. The van der Waals surface area contributed by atoms with Crippen LogP contribution in [-0.2, 0) is 16.9 Å². The summed E-state index contributed by atoms with van der Waals surface area (Å²) in [7, 11) is 0. The zero-order valence-corrected chi connectivity index (χ0v) is 13.3. The number of aryl methyl sites for hydroxylation is 1. The normalized spacial score (nSPS) is 16.8. The minimum Gasteiger partial charge on any atom is -0.317 e. The summed E-state index contributed by atoms with van der Waals surface area (Å²) in [5, 5.41) is 14.8. The molecule has 0 aliphatic carbocycles. The summed E-state index contributed by atoms with van der Waals surface area (Å²) in [6.45, 7) is 4.33. The van der Waals surface area contributed by atoms with Crippen LogP contribution in [0.3, 0.4) is 0 Å². The molecular formula is C14H21ClN6O. The standard InChI is InChI=1S/C14H20N6O.ClH/c1-2-19-12(4-8-16-19)18-13(21)14(5-9-15-10-6-14)20-11-3-7-17-20;/h3-4,7-8,11,15H,2,5-6,9-10H2,1H3,(H,18,21);1H. The molecule has 1 aliphatic rings. The Morgan fingerprint density at radius 1 is 1.36 bits per heavy atom. The second kappa shape index (κ2) is 6.93. The molecule has 1 saturated heterocycles. The van der Waals surface area contributed by atoms with E-state index in [0.717, 1.165) is 38.3 Å². The monoisotopic (exact) mass is 324 g/mol. The van der Waals surface area contributed by atoms with Crippen molar-refractivity contribution in [3.63, 3.8) is 0 Å². The van der Waals surface area contributed by atoms with E-state index in [4.69, 9.17) is 0 Å². The number of amides is 1. The Kier molecular flexibility index (Phi) is 5.20. The number of aromatic nitrogens is 4. The fourth-order valence-electron chi connectivity index (χ4n) is 2.85. The van der Waals surface area contributed by atoms with E-state index in [0.29, 0.717) is 0 Å². The lowest BCUT2D eigenvalue weighted by atomic mass is 9.87. The van der Waals surface area contributed by atoms with Crippen LogP contribution in [0.5, 0.6) is 0 Å². The van der Waals surface area contributed by atoms with Crippen molar-refractivity contribution in [2.75, 3.05) is 18.4 Å². The third-order valence-corrected chi connectivity index (χ3v) is 4.05. The number of carbonyl (C=O) groups excluding carboxylic acids is 1. The molecule has 2 N–H and O–H groups in total. The minimum absolute atomic E-state index is 0. The van der Waals surface area contributed by atoms with Crippen LogP contribution in [0, 0.1) is 0 Å². The van der Waals surface area contributed by atoms with Crippen molar-refractivity contribution in [3.8, 4) is 0 Å². The van der Waals surface area contributed by atoms with Crippen molar-refractivity contribution < 1.29 is 4.79 Å². The Bertz CT molecular complexity index is 603. The highest BCUT2D eigenvalue weighted by Gasteiger charge is 2.42. The average Bonchev–Trinajstić information content (AvgIpc) is 3.19. The van der Waals surface area contributed by atoms with Crippen LogP contribution in [0.4, 0.5) is 5.82 Å². The Hall–Kier alpha value is -1.86. The Labute approximate surface area is 135 Å². The van der Waals surface area contributed by atoms with Gasteiger partial charge in [0.1, 0.15) is 11.4 Å². The smallest absolute Gasteiger partial charge is 0.253 e. The molecule has 0 saturated carbocycles. The lowest BCUT2D eigenvalue weighted by molar-refractivity contribution is -0.126. The summed E-state index contributed by atoms with van der Waals surface area (Å²) in [6.07, 6.45) is 6.72. The molecule has 1 aliphatic heterocycles. The molecule has 0 unspecified atom stereocenters. The molecule has 7 nitrogen and oxygen atoms in total. The van der Waals surface area contributed by atoms with Crippen molar-refractivity contribution >= 4 is 24.1 Å². The predicted molar refractivity (Wildman–Crippen MR) is 86.1 cm³/mol. The fraction of sp³-hybridized carbons (Fsp3) is 0.500. The maximum absolute atomic E-state index is 12.9. The first-order valence-electron chi connectivity index (χ1n) is 7.30. The number of halogens is 1. The molecule has 1 amide bonds. The average molecular weight is 325 g/mol. The summed E-state index contributed by atoms with van der Waals surface area (Å²) in [4.78, 5) is 12.9. The van der Waals surface area contributed by atoms with Gasteiger partial charge in [-0.3, -0.25) is 9.48 Å². The number of nitrogens with zero attached hydrogens (tertiary/aromatic N) is 4. The summed E-state index contributed by atoms with van der Waals surface area (Å²) >= 11 is 0. The molecule has 3 heterocycles. The number of piperidine rings is 1. The highest BCUT2D eigenvalue weighted by molar-refractivity contribution is 5.96. The van der Waals surface area contributed by atoms with E-state index in [1.165, 1.54) is 0 Å². The Balaban J connectivity index is 0.00000176. The van der Waals surface area contributed by atoms with Crippen LogP contribution in [0.25, 0.3) is 0 Å². The summed E-state index contributed by atoms with van der Waals surface area (Å²) in [5.74, 6) is 0.704. The third kappa shape index (κ3) is 2.86. The van der Waals surface area contributed by atoms with Crippen LogP contribution in [-0.4, -0.2) is 38.6 Å². The van der Waals surface area contributed by atoms with Crippen LogP contribution in [0.2, 0.25) is 0 Å². The number of anilines is 1. The van der Waals surface area contributed by atoms with Gasteiger partial charge in [0, 0.05) is 25.0 Å². The maximum Gasteiger partial charge on any atom is 0.253 e. The zero-order chi connectivity index (χ0) is 14.7. The van der Waals surface area contributed by atoms with Gasteiger partial charge in [0.2, 0.25) is 0 Å². The highest BCUT2D eigenvalue weighted by atomic mass is 35.5. The molecule has 2 aromatic heterocycles. The van der Waals surface area contributed by atoms with E-state index in [1.54, 1.807) is 21.8 Å². The number of hydrogen-bond donors (Lipinski definition) is 2. The van der Waals surface area contributed by atoms with E-state index < -0.39 is 5.54 Å². The number of nitrogens with one attached hydrogen (secondary N) is 2. The molecule has 22 heavy (non-hydrogen) atoms. The van der Waals surface area contributed by atoms with E-state index >= 15 is 0 Å². The molecule has 120 valence electrons. The molecule has 0 spiro atoms. The molecule has 0 bridgehead atoms. The van der Waals surface area contributed by atoms with Gasteiger partial charge in [0.15, 0.2) is 0 Å². The summed E-state index contributed by atoms with van der Waals surface area (Å²) in [6, 6.07) is 3.67. The SMILES string of the molecule is CCn1nccc1NC(=O)C1(n2cccn2)CCNCC1.Cl.